The molecule has 2 aromatic rings. The van der Waals surface area contributed by atoms with Crippen LogP contribution in [0.1, 0.15) is 17.0 Å². The second-order valence-electron chi connectivity index (χ2n) is 5.48. The Morgan fingerprint density at radius 3 is 2.14 bits per heavy atom. The highest BCUT2D eigenvalue weighted by Gasteiger charge is 2.57. The van der Waals surface area contributed by atoms with Crippen LogP contribution >= 0.6 is 15.9 Å². The second-order valence-corrected chi connectivity index (χ2v) is 8.50. The molecule has 2 N–H and O–H groups in total. The quantitative estimate of drug-likeness (QED) is 0.909. The largest absolute Gasteiger partial charge is 0.326 e. The van der Waals surface area contributed by atoms with E-state index in [9.17, 15) is 8.42 Å². The maximum absolute atomic E-state index is 12.7. The molecule has 0 heterocycles. The van der Waals surface area contributed by atoms with Crippen molar-refractivity contribution in [2.75, 3.05) is 0 Å². The van der Waals surface area contributed by atoms with E-state index < -0.39 is 15.1 Å². The third-order valence-electron chi connectivity index (χ3n) is 3.97. The number of sulfone groups is 1. The van der Waals surface area contributed by atoms with Crippen LogP contribution in [-0.4, -0.2) is 19.7 Å². The molecule has 0 aliphatic heterocycles. The van der Waals surface area contributed by atoms with Crippen molar-refractivity contribution in [3.8, 4) is 0 Å². The molecule has 1 aliphatic carbocycles. The molecule has 21 heavy (non-hydrogen) atoms. The first kappa shape index (κ1) is 14.8. The van der Waals surface area contributed by atoms with Gasteiger partial charge in [0.15, 0.2) is 9.84 Å². The molecule has 0 amide bonds. The van der Waals surface area contributed by atoms with Crippen molar-refractivity contribution in [2.45, 2.75) is 29.0 Å². The third-order valence-corrected chi connectivity index (χ3v) is 6.75. The molecule has 110 valence electrons. The van der Waals surface area contributed by atoms with Crippen molar-refractivity contribution in [1.82, 2.24) is 0 Å². The summed E-state index contributed by atoms with van der Waals surface area (Å²) in [6, 6.07) is 14.3. The Morgan fingerprint density at radius 1 is 1.00 bits per heavy atom. The maximum atomic E-state index is 12.7. The molecule has 3 rings (SSSR count). The molecule has 2 aromatic carbocycles. The topological polar surface area (TPSA) is 60.2 Å². The Balaban J connectivity index is 1.91. The summed E-state index contributed by atoms with van der Waals surface area (Å²) >= 11 is 3.38. The van der Waals surface area contributed by atoms with E-state index in [-0.39, 0.29) is 12.0 Å². The van der Waals surface area contributed by atoms with Crippen molar-refractivity contribution in [3.05, 3.63) is 64.1 Å². The molecule has 3 atom stereocenters. The fraction of sp³-hybridized carbons (Fsp3) is 0.250. The first-order valence-corrected chi connectivity index (χ1v) is 9.07. The zero-order chi connectivity index (χ0) is 15.2. The van der Waals surface area contributed by atoms with Crippen LogP contribution in [0.4, 0.5) is 0 Å². The minimum Gasteiger partial charge on any atom is -0.326 e. The van der Waals surface area contributed by atoms with Gasteiger partial charge in [-0.25, -0.2) is 8.42 Å². The highest BCUT2D eigenvalue weighted by atomic mass is 79.9. The Morgan fingerprint density at radius 2 is 1.57 bits per heavy atom. The van der Waals surface area contributed by atoms with Gasteiger partial charge in [0.1, 0.15) is 0 Å². The normalized spacial score (nSPS) is 24.8. The zero-order valence-corrected chi connectivity index (χ0v) is 13.9. The molecule has 1 saturated carbocycles. The monoisotopic (exact) mass is 365 g/mol. The number of rotatable bonds is 3. The van der Waals surface area contributed by atoms with Crippen LogP contribution in [0.3, 0.4) is 0 Å². The van der Waals surface area contributed by atoms with Crippen molar-refractivity contribution >= 4 is 25.8 Å². The summed E-state index contributed by atoms with van der Waals surface area (Å²) in [6.45, 7) is 1.93. The zero-order valence-electron chi connectivity index (χ0n) is 11.5. The SMILES string of the molecule is Cc1ccc(S(=O)(=O)[C@@H]2[C@H](N)[C@@H]2c2ccc(Br)cc2)cc1. The number of halogens is 1. The van der Waals surface area contributed by atoms with Crippen molar-refractivity contribution in [2.24, 2.45) is 5.73 Å². The first-order chi connectivity index (χ1) is 9.91. The van der Waals surface area contributed by atoms with E-state index in [1.165, 1.54) is 0 Å². The van der Waals surface area contributed by atoms with Crippen LogP contribution in [0.2, 0.25) is 0 Å². The third kappa shape index (κ3) is 2.65. The Hall–Kier alpha value is -1.17. The van der Waals surface area contributed by atoms with Gasteiger partial charge in [-0.2, -0.15) is 0 Å². The predicted molar refractivity (Wildman–Crippen MR) is 87.0 cm³/mol. The van der Waals surface area contributed by atoms with Crippen LogP contribution in [0.15, 0.2) is 57.9 Å². The average Bonchev–Trinajstić information content (AvgIpc) is 3.12. The summed E-state index contributed by atoms with van der Waals surface area (Å²) in [5.41, 5.74) is 8.06. The molecular formula is C16H16BrNO2S. The van der Waals surface area contributed by atoms with Gasteiger partial charge >= 0.3 is 0 Å². The Bertz CT molecular complexity index is 754. The van der Waals surface area contributed by atoms with Gasteiger partial charge in [-0.05, 0) is 36.8 Å². The van der Waals surface area contributed by atoms with E-state index in [0.717, 1.165) is 15.6 Å². The van der Waals surface area contributed by atoms with E-state index in [1.807, 2.05) is 43.3 Å². The minimum absolute atomic E-state index is 0.121. The molecule has 1 fully saturated rings. The van der Waals surface area contributed by atoms with E-state index >= 15 is 0 Å². The molecule has 0 saturated heterocycles. The molecule has 1 aliphatic rings. The van der Waals surface area contributed by atoms with Gasteiger partial charge in [-0.3, -0.25) is 0 Å². The Kier molecular flexibility index (Phi) is 3.67. The van der Waals surface area contributed by atoms with Crippen LogP contribution in [0.5, 0.6) is 0 Å². The van der Waals surface area contributed by atoms with Crippen LogP contribution in [0, 0.1) is 6.92 Å². The standard InChI is InChI=1S/C16H16BrNO2S/c1-10-2-8-13(9-3-10)21(19,20)16-14(15(16)18)11-4-6-12(17)7-5-11/h2-9,14-16H,18H2,1H3/t14-,15+,16-/m0/s1. The summed E-state index contributed by atoms with van der Waals surface area (Å²) in [5.74, 6) is -0.121. The molecular weight excluding hydrogens is 350 g/mol. The number of nitrogens with two attached hydrogens (primary N) is 1. The van der Waals surface area contributed by atoms with Gasteiger partial charge in [0.25, 0.3) is 0 Å². The lowest BCUT2D eigenvalue weighted by molar-refractivity contribution is 0.593. The van der Waals surface area contributed by atoms with E-state index in [1.54, 1.807) is 12.1 Å². The summed E-state index contributed by atoms with van der Waals surface area (Å²) in [6.07, 6.45) is 0. The molecule has 0 bridgehead atoms. The van der Waals surface area contributed by atoms with Crippen molar-refractivity contribution in [3.63, 3.8) is 0 Å². The number of hydrogen-bond acceptors (Lipinski definition) is 3. The van der Waals surface area contributed by atoms with Gasteiger partial charge in [-0.15, -0.1) is 0 Å². The summed E-state index contributed by atoms with van der Waals surface area (Å²) in [4.78, 5) is 0.355. The fourth-order valence-corrected chi connectivity index (χ4v) is 5.00. The maximum Gasteiger partial charge on any atom is 0.183 e. The Labute approximate surface area is 133 Å². The van der Waals surface area contributed by atoms with Gasteiger partial charge in [0.05, 0.1) is 10.1 Å². The molecule has 0 radical (unpaired) electrons. The van der Waals surface area contributed by atoms with Gasteiger partial charge < -0.3 is 5.73 Å². The van der Waals surface area contributed by atoms with Gasteiger partial charge in [0, 0.05) is 16.4 Å². The van der Waals surface area contributed by atoms with Gasteiger partial charge in [0.2, 0.25) is 0 Å². The molecule has 3 nitrogen and oxygen atoms in total. The lowest BCUT2D eigenvalue weighted by Crippen LogP contribution is -2.15. The summed E-state index contributed by atoms with van der Waals surface area (Å²) in [7, 11) is -3.38. The number of hydrogen-bond donors (Lipinski definition) is 1. The molecule has 0 unspecified atom stereocenters. The lowest BCUT2D eigenvalue weighted by Gasteiger charge is -2.04. The van der Waals surface area contributed by atoms with Crippen molar-refractivity contribution < 1.29 is 8.42 Å². The molecule has 5 heteroatoms. The summed E-state index contributed by atoms with van der Waals surface area (Å²) in [5, 5.41) is -0.526. The van der Waals surface area contributed by atoms with Gasteiger partial charge in [-0.1, -0.05) is 45.8 Å². The fourth-order valence-electron chi connectivity index (χ4n) is 2.69. The van der Waals surface area contributed by atoms with E-state index in [4.69, 9.17) is 5.73 Å². The van der Waals surface area contributed by atoms with E-state index in [2.05, 4.69) is 15.9 Å². The van der Waals surface area contributed by atoms with Crippen molar-refractivity contribution in [1.29, 1.82) is 0 Å². The second kappa shape index (κ2) is 5.23. The minimum atomic E-state index is -3.38. The number of benzene rings is 2. The molecule has 0 aromatic heterocycles. The predicted octanol–water partition coefficient (Wildman–Crippen LogP) is 3.02. The molecule has 0 spiro atoms. The number of aryl methyl sites for hydroxylation is 1. The highest BCUT2D eigenvalue weighted by molar-refractivity contribution is 9.10. The average molecular weight is 366 g/mol. The lowest BCUT2D eigenvalue weighted by atomic mass is 10.1. The highest BCUT2D eigenvalue weighted by Crippen LogP contribution is 2.47. The summed E-state index contributed by atoms with van der Waals surface area (Å²) < 4.78 is 26.3. The van der Waals surface area contributed by atoms with Crippen LogP contribution < -0.4 is 5.73 Å². The van der Waals surface area contributed by atoms with Crippen LogP contribution in [0.25, 0.3) is 0 Å². The van der Waals surface area contributed by atoms with E-state index in [0.29, 0.717) is 4.90 Å². The first-order valence-electron chi connectivity index (χ1n) is 6.73. The van der Waals surface area contributed by atoms with Crippen LogP contribution in [-0.2, 0) is 9.84 Å². The smallest absolute Gasteiger partial charge is 0.183 e.